The highest BCUT2D eigenvalue weighted by Gasteiger charge is 2.21. The van der Waals surface area contributed by atoms with Crippen molar-refractivity contribution in [3.05, 3.63) is 83.2 Å². The van der Waals surface area contributed by atoms with Crippen molar-refractivity contribution < 1.29 is 23.8 Å². The predicted molar refractivity (Wildman–Crippen MR) is 141 cm³/mol. The molecule has 5 heteroatoms. The molecule has 0 radical (unpaired) electrons. The van der Waals surface area contributed by atoms with Crippen LogP contribution in [0.2, 0.25) is 0 Å². The van der Waals surface area contributed by atoms with Crippen LogP contribution < -0.4 is 9.47 Å². The number of carboxylic acids is 1. The van der Waals surface area contributed by atoms with Gasteiger partial charge in [0.1, 0.15) is 23.9 Å². The van der Waals surface area contributed by atoms with Crippen molar-refractivity contribution in [3.63, 3.8) is 0 Å². The van der Waals surface area contributed by atoms with E-state index in [-0.39, 0.29) is 23.6 Å². The minimum atomic E-state index is -0.882. The highest BCUT2D eigenvalue weighted by molar-refractivity contribution is 5.71. The van der Waals surface area contributed by atoms with Gasteiger partial charge >= 0.3 is 5.97 Å². The van der Waals surface area contributed by atoms with Gasteiger partial charge in [0.15, 0.2) is 0 Å². The van der Waals surface area contributed by atoms with E-state index in [1.54, 1.807) is 19.2 Å². The lowest BCUT2D eigenvalue weighted by Crippen LogP contribution is -2.13. The molecule has 0 aliphatic heterocycles. The molecule has 0 saturated carbocycles. The van der Waals surface area contributed by atoms with Crippen LogP contribution in [0.5, 0.6) is 11.5 Å². The Morgan fingerprint density at radius 2 is 1.69 bits per heavy atom. The quantitative estimate of drug-likeness (QED) is 0.337. The molecular weight excluding hydrogens is 455 g/mol. The maximum Gasteiger partial charge on any atom is 0.304 e. The first-order valence-electron chi connectivity index (χ1n) is 12.0. The fourth-order valence-electron chi connectivity index (χ4n) is 4.01. The summed E-state index contributed by atoms with van der Waals surface area (Å²) >= 11 is 0. The fourth-order valence-corrected chi connectivity index (χ4v) is 4.01. The number of rotatable bonds is 8. The van der Waals surface area contributed by atoms with Gasteiger partial charge in [0.2, 0.25) is 0 Å². The minimum absolute atomic E-state index is 0.0447. The Balaban J connectivity index is 1.85. The lowest BCUT2D eigenvalue weighted by molar-refractivity contribution is -0.137. The zero-order chi connectivity index (χ0) is 26.3. The number of carbonyl (C=O) groups is 1. The van der Waals surface area contributed by atoms with Crippen molar-refractivity contribution in [2.45, 2.75) is 58.5 Å². The Morgan fingerprint density at radius 1 is 1.00 bits per heavy atom. The molecule has 0 amide bonds. The molecule has 3 aromatic carbocycles. The lowest BCUT2D eigenvalue weighted by atomic mass is 9.81. The fraction of sp³-hybridized carbons (Fsp3) is 0.323. The van der Waals surface area contributed by atoms with Crippen molar-refractivity contribution >= 4 is 5.97 Å². The summed E-state index contributed by atoms with van der Waals surface area (Å²) in [4.78, 5) is 11.2. The largest absolute Gasteiger partial charge is 0.497 e. The van der Waals surface area contributed by atoms with Crippen LogP contribution in [0.4, 0.5) is 4.39 Å². The third-order valence-corrected chi connectivity index (χ3v) is 5.88. The number of ether oxygens (including phenoxy) is 2. The third-order valence-electron chi connectivity index (χ3n) is 5.88. The van der Waals surface area contributed by atoms with E-state index in [0.29, 0.717) is 30.1 Å². The monoisotopic (exact) mass is 488 g/mol. The molecule has 3 rings (SSSR count). The second-order valence-corrected chi connectivity index (χ2v) is 9.66. The van der Waals surface area contributed by atoms with Gasteiger partial charge in [-0.25, -0.2) is 4.39 Å². The standard InChI is InChI=1S/C31H33FO4/c1-6-7-8-23(18-30(33)34)22-10-12-24(13-11-22)36-20-21-9-15-28(31(2,3)4)26(17-21)27-19-25(35-5)14-16-29(27)32/h9-17,19,23H,6,18,20H2,1-5H3,(H,33,34)/t23-/m1/s1. The number of halogens is 1. The molecule has 0 bridgehead atoms. The van der Waals surface area contributed by atoms with Gasteiger partial charge in [0, 0.05) is 12.0 Å². The Labute approximate surface area is 213 Å². The van der Waals surface area contributed by atoms with E-state index in [2.05, 4.69) is 32.6 Å². The maximum absolute atomic E-state index is 14.9. The Kier molecular flexibility index (Phi) is 8.77. The van der Waals surface area contributed by atoms with E-state index in [9.17, 15) is 14.3 Å². The van der Waals surface area contributed by atoms with Crippen molar-refractivity contribution in [1.29, 1.82) is 0 Å². The average molecular weight is 489 g/mol. The summed E-state index contributed by atoms with van der Waals surface area (Å²) in [5.41, 5.74) is 3.88. The zero-order valence-corrected chi connectivity index (χ0v) is 21.5. The van der Waals surface area contributed by atoms with Gasteiger partial charge in [-0.3, -0.25) is 4.79 Å². The molecule has 0 aliphatic carbocycles. The van der Waals surface area contributed by atoms with Crippen LogP contribution in [0, 0.1) is 17.7 Å². The molecule has 0 saturated heterocycles. The zero-order valence-electron chi connectivity index (χ0n) is 21.5. The molecule has 4 nitrogen and oxygen atoms in total. The summed E-state index contributed by atoms with van der Waals surface area (Å²) < 4.78 is 26.2. The van der Waals surface area contributed by atoms with E-state index in [1.165, 1.54) is 6.07 Å². The summed E-state index contributed by atoms with van der Waals surface area (Å²) in [6, 6.07) is 18.1. The lowest BCUT2D eigenvalue weighted by Gasteiger charge is -2.24. The summed E-state index contributed by atoms with van der Waals surface area (Å²) in [6.07, 6.45) is 0.629. The molecule has 0 spiro atoms. The molecule has 0 heterocycles. The number of benzene rings is 3. The Morgan fingerprint density at radius 3 is 2.31 bits per heavy atom. The second kappa shape index (κ2) is 11.8. The summed E-state index contributed by atoms with van der Waals surface area (Å²) in [6.45, 7) is 8.54. The predicted octanol–water partition coefficient (Wildman–Crippen LogP) is 7.35. The third kappa shape index (κ3) is 6.88. The summed E-state index contributed by atoms with van der Waals surface area (Å²) in [7, 11) is 1.57. The second-order valence-electron chi connectivity index (χ2n) is 9.66. The van der Waals surface area contributed by atoms with Gasteiger partial charge in [0.05, 0.1) is 19.4 Å². The average Bonchev–Trinajstić information content (AvgIpc) is 2.85. The molecule has 0 aromatic heterocycles. The van der Waals surface area contributed by atoms with E-state index in [4.69, 9.17) is 9.47 Å². The van der Waals surface area contributed by atoms with Crippen molar-refractivity contribution in [2.24, 2.45) is 0 Å². The van der Waals surface area contributed by atoms with Gasteiger partial charge < -0.3 is 14.6 Å². The summed E-state index contributed by atoms with van der Waals surface area (Å²) in [5, 5.41) is 9.21. The van der Waals surface area contributed by atoms with Crippen LogP contribution in [0.25, 0.3) is 11.1 Å². The van der Waals surface area contributed by atoms with Crippen molar-refractivity contribution in [1.82, 2.24) is 0 Å². The molecule has 0 unspecified atom stereocenters. The number of carboxylic acid groups (broad SMARTS) is 1. The molecule has 0 fully saturated rings. The molecule has 0 aliphatic rings. The van der Waals surface area contributed by atoms with Crippen LogP contribution >= 0.6 is 0 Å². The highest BCUT2D eigenvalue weighted by Crippen LogP contribution is 2.37. The summed E-state index contributed by atoms with van der Waals surface area (Å²) in [5.74, 6) is 5.72. The first kappa shape index (κ1) is 26.8. The SMILES string of the molecule is CCC#C[C@H](CC(=O)O)c1ccc(OCc2ccc(C(C)(C)C)c(-c3cc(OC)ccc3F)c2)cc1. The van der Waals surface area contributed by atoms with E-state index >= 15 is 0 Å². The molecule has 36 heavy (non-hydrogen) atoms. The number of hydrogen-bond acceptors (Lipinski definition) is 3. The van der Waals surface area contributed by atoms with Crippen LogP contribution in [0.1, 0.15) is 63.1 Å². The van der Waals surface area contributed by atoms with Crippen LogP contribution in [0.3, 0.4) is 0 Å². The minimum Gasteiger partial charge on any atom is -0.497 e. The molecule has 3 aromatic rings. The smallest absolute Gasteiger partial charge is 0.304 e. The van der Waals surface area contributed by atoms with Gasteiger partial charge in [-0.2, -0.15) is 0 Å². The number of hydrogen-bond donors (Lipinski definition) is 1. The van der Waals surface area contributed by atoms with Gasteiger partial charge in [0.25, 0.3) is 0 Å². The topological polar surface area (TPSA) is 55.8 Å². The number of aliphatic carboxylic acids is 1. The Bertz CT molecular complexity index is 1260. The Hall–Kier alpha value is -3.78. The van der Waals surface area contributed by atoms with E-state index in [0.717, 1.165) is 22.3 Å². The van der Waals surface area contributed by atoms with Crippen molar-refractivity contribution in [3.8, 4) is 34.5 Å². The van der Waals surface area contributed by atoms with Gasteiger partial charge in [-0.05, 0) is 64.1 Å². The number of methoxy groups -OCH3 is 1. The van der Waals surface area contributed by atoms with Gasteiger partial charge in [-0.1, -0.05) is 57.9 Å². The highest BCUT2D eigenvalue weighted by atomic mass is 19.1. The maximum atomic E-state index is 14.9. The van der Waals surface area contributed by atoms with E-state index < -0.39 is 5.97 Å². The van der Waals surface area contributed by atoms with Crippen LogP contribution in [-0.2, 0) is 16.8 Å². The normalized spacial score (nSPS) is 11.8. The molecule has 1 atom stereocenters. The van der Waals surface area contributed by atoms with Crippen molar-refractivity contribution in [2.75, 3.05) is 7.11 Å². The molecule has 1 N–H and O–H groups in total. The van der Waals surface area contributed by atoms with Gasteiger partial charge in [-0.15, -0.1) is 5.92 Å². The van der Waals surface area contributed by atoms with Crippen LogP contribution in [-0.4, -0.2) is 18.2 Å². The first-order chi connectivity index (χ1) is 17.1. The van der Waals surface area contributed by atoms with Crippen LogP contribution in [0.15, 0.2) is 60.7 Å². The first-order valence-corrected chi connectivity index (χ1v) is 12.0. The molecular formula is C31H33FO4. The van der Waals surface area contributed by atoms with E-state index in [1.807, 2.05) is 49.4 Å². The molecule has 188 valence electrons.